The molecule has 11 N–H and O–H groups in total. The Balaban J connectivity index is 5.43. The maximum Gasteiger partial charge on any atom is 0.326 e. The van der Waals surface area contributed by atoms with Crippen molar-refractivity contribution in [1.82, 2.24) is 16.0 Å². The molecule has 0 aliphatic heterocycles. The molecule has 3 amide bonds. The highest BCUT2D eigenvalue weighted by Gasteiger charge is 2.33. The first-order chi connectivity index (χ1) is 16.2. The Labute approximate surface area is 204 Å². The highest BCUT2D eigenvalue weighted by atomic mass is 16.4. The number of carbonyl (C=O) groups is 5. The summed E-state index contributed by atoms with van der Waals surface area (Å²) in [5.41, 5.74) is 16.1. The summed E-state index contributed by atoms with van der Waals surface area (Å²) in [5, 5.41) is 25.7. The fraction of sp³-hybridized carbons (Fsp3) is 0.714. The van der Waals surface area contributed by atoms with Gasteiger partial charge in [0.1, 0.15) is 18.1 Å². The van der Waals surface area contributed by atoms with Crippen molar-refractivity contribution in [3.8, 4) is 0 Å². The zero-order valence-electron chi connectivity index (χ0n) is 20.6. The number of carboxylic acid groups (broad SMARTS) is 2. The third kappa shape index (κ3) is 12.0. The van der Waals surface area contributed by atoms with Crippen molar-refractivity contribution in [2.75, 3.05) is 6.54 Å². The van der Waals surface area contributed by atoms with Gasteiger partial charge in [0.05, 0.1) is 12.5 Å². The summed E-state index contributed by atoms with van der Waals surface area (Å²) in [5.74, 6) is -5.63. The second-order valence-corrected chi connectivity index (χ2v) is 8.65. The summed E-state index contributed by atoms with van der Waals surface area (Å²) in [4.78, 5) is 64.4. The van der Waals surface area contributed by atoms with E-state index in [-0.39, 0.29) is 24.8 Å². The van der Waals surface area contributed by atoms with Crippen molar-refractivity contribution >= 4 is 35.6 Å². The Morgan fingerprint density at radius 2 is 1.43 bits per heavy atom. The monoisotopic (exact) mass is 501 g/mol. The fourth-order valence-corrected chi connectivity index (χ4v) is 3.04. The molecule has 14 heteroatoms. The number of aliphatic carboxylic acids is 2. The third-order valence-electron chi connectivity index (χ3n) is 5.33. The maximum absolute atomic E-state index is 13.0. The van der Waals surface area contributed by atoms with Crippen LogP contribution in [0.1, 0.15) is 53.4 Å². The average molecular weight is 502 g/mol. The zero-order chi connectivity index (χ0) is 27.3. The summed E-state index contributed by atoms with van der Waals surface area (Å²) in [6.07, 6.45) is 0.232. The van der Waals surface area contributed by atoms with Gasteiger partial charge in [-0.15, -0.1) is 0 Å². The van der Waals surface area contributed by atoms with E-state index in [2.05, 4.69) is 20.9 Å². The number of carbonyl (C=O) groups excluding carboxylic acids is 3. The lowest BCUT2D eigenvalue weighted by Gasteiger charge is -2.29. The molecule has 0 aromatic heterocycles. The zero-order valence-corrected chi connectivity index (χ0v) is 20.6. The van der Waals surface area contributed by atoms with Crippen molar-refractivity contribution in [3.05, 3.63) is 0 Å². The summed E-state index contributed by atoms with van der Waals surface area (Å²) >= 11 is 0. The normalized spacial score (nSPS) is 15.1. The molecule has 5 unspecified atom stereocenters. The Morgan fingerprint density at radius 1 is 0.886 bits per heavy atom. The largest absolute Gasteiger partial charge is 0.481 e. The molecule has 0 rings (SSSR count). The molecule has 0 aromatic carbocycles. The molecular formula is C21H39N7O7. The van der Waals surface area contributed by atoms with Crippen LogP contribution < -0.4 is 33.2 Å². The summed E-state index contributed by atoms with van der Waals surface area (Å²) in [7, 11) is 0. The van der Waals surface area contributed by atoms with Crippen LogP contribution in [0.3, 0.4) is 0 Å². The smallest absolute Gasteiger partial charge is 0.326 e. The number of hydrogen-bond acceptors (Lipinski definition) is 7. The number of nitrogens with two attached hydrogens (primary N) is 3. The van der Waals surface area contributed by atoms with E-state index in [0.717, 1.165) is 0 Å². The van der Waals surface area contributed by atoms with Crippen LogP contribution >= 0.6 is 0 Å². The van der Waals surface area contributed by atoms with Crippen LogP contribution in [0.15, 0.2) is 4.99 Å². The predicted octanol–water partition coefficient (Wildman–Crippen LogP) is -1.92. The highest BCUT2D eigenvalue weighted by Crippen LogP contribution is 2.11. The molecule has 0 bridgehead atoms. The molecule has 0 spiro atoms. The number of aliphatic imine (C=N–C) groups is 1. The molecule has 0 saturated carbocycles. The topological polar surface area (TPSA) is 252 Å². The van der Waals surface area contributed by atoms with Gasteiger partial charge >= 0.3 is 11.9 Å². The molecule has 0 aliphatic rings. The van der Waals surface area contributed by atoms with E-state index < -0.39 is 66.2 Å². The minimum Gasteiger partial charge on any atom is -0.481 e. The molecule has 0 fully saturated rings. The molecule has 0 aliphatic carbocycles. The van der Waals surface area contributed by atoms with Gasteiger partial charge in [-0.1, -0.05) is 34.1 Å². The Kier molecular flexibility index (Phi) is 14.0. The van der Waals surface area contributed by atoms with Gasteiger partial charge in [0.25, 0.3) is 0 Å². The van der Waals surface area contributed by atoms with Gasteiger partial charge in [0.15, 0.2) is 5.96 Å². The number of carboxylic acids is 2. The Bertz CT molecular complexity index is 784. The summed E-state index contributed by atoms with van der Waals surface area (Å²) in [6, 6.07) is -4.77. The van der Waals surface area contributed by atoms with E-state index in [1.54, 1.807) is 27.7 Å². The van der Waals surface area contributed by atoms with Crippen molar-refractivity contribution in [3.63, 3.8) is 0 Å². The second kappa shape index (κ2) is 15.5. The lowest BCUT2D eigenvalue weighted by molar-refractivity contribution is -0.143. The third-order valence-corrected chi connectivity index (χ3v) is 5.33. The maximum atomic E-state index is 13.0. The fourth-order valence-electron chi connectivity index (χ4n) is 3.04. The van der Waals surface area contributed by atoms with E-state index in [1.165, 1.54) is 0 Å². The lowest BCUT2D eigenvalue weighted by atomic mass is 9.96. The molecule has 5 atom stereocenters. The number of rotatable bonds is 16. The molecular weight excluding hydrogens is 462 g/mol. The molecule has 14 nitrogen and oxygen atoms in total. The van der Waals surface area contributed by atoms with Crippen LogP contribution in [0.2, 0.25) is 0 Å². The molecule has 0 heterocycles. The standard InChI is InChI=1S/C21H39N7O7/c1-5-11(4)16(28-17(31)12(22)9-14(29)30)19(33)27-15(10(2)3)18(32)26-13(20(34)35)7-6-8-25-21(23)24/h10-13,15-16H,5-9,22H2,1-4H3,(H,26,32)(H,27,33)(H,28,31)(H,29,30)(H,34,35)(H4,23,24,25). The second-order valence-electron chi connectivity index (χ2n) is 8.65. The quantitative estimate of drug-likeness (QED) is 0.0661. The first-order valence-electron chi connectivity index (χ1n) is 11.4. The van der Waals surface area contributed by atoms with E-state index in [9.17, 15) is 29.1 Å². The van der Waals surface area contributed by atoms with Crippen LogP contribution in [0.5, 0.6) is 0 Å². The highest BCUT2D eigenvalue weighted by molar-refractivity contribution is 5.95. The average Bonchev–Trinajstić information content (AvgIpc) is 2.75. The predicted molar refractivity (Wildman–Crippen MR) is 128 cm³/mol. The van der Waals surface area contributed by atoms with Crippen molar-refractivity contribution in [2.24, 2.45) is 34.0 Å². The minimum atomic E-state index is -1.36. The minimum absolute atomic E-state index is 0.0592. The molecule has 0 saturated heterocycles. The molecule has 0 aromatic rings. The molecule has 200 valence electrons. The first-order valence-corrected chi connectivity index (χ1v) is 11.4. The van der Waals surface area contributed by atoms with Gasteiger partial charge in [-0.05, 0) is 24.7 Å². The van der Waals surface area contributed by atoms with Gasteiger partial charge < -0.3 is 43.4 Å². The van der Waals surface area contributed by atoms with Crippen molar-refractivity contribution < 1.29 is 34.2 Å². The van der Waals surface area contributed by atoms with Gasteiger partial charge in [0.2, 0.25) is 17.7 Å². The summed E-state index contributed by atoms with van der Waals surface area (Å²) < 4.78 is 0. The van der Waals surface area contributed by atoms with Gasteiger partial charge in [-0.25, -0.2) is 4.79 Å². The van der Waals surface area contributed by atoms with E-state index in [0.29, 0.717) is 12.8 Å². The van der Waals surface area contributed by atoms with Gasteiger partial charge in [-0.2, -0.15) is 0 Å². The molecule has 0 radical (unpaired) electrons. The number of amides is 3. The van der Waals surface area contributed by atoms with E-state index in [4.69, 9.17) is 22.3 Å². The number of nitrogens with one attached hydrogen (secondary N) is 3. The SMILES string of the molecule is CCC(C)C(NC(=O)C(N)CC(=O)O)C(=O)NC(C(=O)NC(CCCN=C(N)N)C(=O)O)C(C)C. The van der Waals surface area contributed by atoms with Crippen LogP contribution in [0.25, 0.3) is 0 Å². The number of nitrogens with zero attached hydrogens (tertiary/aromatic N) is 1. The van der Waals surface area contributed by atoms with Crippen LogP contribution in [0, 0.1) is 11.8 Å². The van der Waals surface area contributed by atoms with Crippen LogP contribution in [-0.2, 0) is 24.0 Å². The molecule has 35 heavy (non-hydrogen) atoms. The van der Waals surface area contributed by atoms with Crippen LogP contribution in [0.4, 0.5) is 0 Å². The summed E-state index contributed by atoms with van der Waals surface area (Å²) in [6.45, 7) is 7.01. The van der Waals surface area contributed by atoms with Crippen molar-refractivity contribution in [1.29, 1.82) is 0 Å². The number of hydrogen-bond donors (Lipinski definition) is 8. The van der Waals surface area contributed by atoms with E-state index in [1.807, 2.05) is 0 Å². The van der Waals surface area contributed by atoms with Crippen molar-refractivity contribution in [2.45, 2.75) is 77.5 Å². The Hall–Kier alpha value is -3.42. The van der Waals surface area contributed by atoms with E-state index >= 15 is 0 Å². The van der Waals surface area contributed by atoms with Gasteiger partial charge in [0, 0.05) is 6.54 Å². The Morgan fingerprint density at radius 3 is 1.89 bits per heavy atom. The first kappa shape index (κ1) is 31.6. The van der Waals surface area contributed by atoms with Gasteiger partial charge in [-0.3, -0.25) is 24.2 Å². The lowest BCUT2D eigenvalue weighted by Crippen LogP contribution is -2.59. The number of guanidine groups is 1. The van der Waals surface area contributed by atoms with Crippen LogP contribution in [-0.4, -0.2) is 76.5 Å².